The summed E-state index contributed by atoms with van der Waals surface area (Å²) in [5.41, 5.74) is 2.86. The minimum Gasteiger partial charge on any atom is -0.507 e. The van der Waals surface area contributed by atoms with E-state index in [-0.39, 0.29) is 11.7 Å². The molecule has 1 N–H and O–H groups in total. The molecule has 8 heteroatoms. The molecular weight excluding hydrogens is 380 g/mol. The average Bonchev–Trinajstić information content (AvgIpc) is 2.72. The number of aromatic hydroxyl groups is 1. The molecule has 1 aromatic heterocycles. The normalized spacial score (nSPS) is 19.3. The number of likely N-dealkylation sites (tertiary alicyclic amines) is 1. The van der Waals surface area contributed by atoms with Crippen molar-refractivity contribution in [2.75, 3.05) is 43.0 Å². The van der Waals surface area contributed by atoms with E-state index in [0.717, 1.165) is 43.7 Å². The SMILES string of the molecule is CC(=O)N1CCN(C2CCCN(C)C2)c2nnc(-c3c(C)cc(C#N)cc3O)cc21. The molecule has 0 bridgehead atoms. The predicted octanol–water partition coefficient (Wildman–Crippen LogP) is 2.30. The van der Waals surface area contributed by atoms with Gasteiger partial charge in [-0.3, -0.25) is 4.79 Å². The van der Waals surface area contributed by atoms with Gasteiger partial charge < -0.3 is 19.8 Å². The number of hydrogen-bond acceptors (Lipinski definition) is 7. The van der Waals surface area contributed by atoms with Gasteiger partial charge in [0.1, 0.15) is 5.75 Å². The number of carbonyl (C=O) groups is 1. The summed E-state index contributed by atoms with van der Waals surface area (Å²) in [6, 6.07) is 7.35. The Morgan fingerprint density at radius 2 is 2.03 bits per heavy atom. The minimum absolute atomic E-state index is 0.0169. The number of fused-ring (bicyclic) bond motifs is 1. The van der Waals surface area contributed by atoms with Gasteiger partial charge in [-0.1, -0.05) is 0 Å². The van der Waals surface area contributed by atoms with E-state index in [9.17, 15) is 9.90 Å². The Morgan fingerprint density at radius 1 is 1.23 bits per heavy atom. The number of anilines is 2. The summed E-state index contributed by atoms with van der Waals surface area (Å²) < 4.78 is 0. The first-order chi connectivity index (χ1) is 14.4. The van der Waals surface area contributed by atoms with E-state index in [2.05, 4.69) is 27.0 Å². The van der Waals surface area contributed by atoms with Crippen LogP contribution < -0.4 is 9.80 Å². The van der Waals surface area contributed by atoms with Crippen molar-refractivity contribution in [3.8, 4) is 23.1 Å². The maximum absolute atomic E-state index is 12.3. The summed E-state index contributed by atoms with van der Waals surface area (Å²) in [5.74, 6) is 0.652. The Labute approximate surface area is 176 Å². The molecule has 2 aromatic rings. The van der Waals surface area contributed by atoms with Crippen LogP contribution in [0.25, 0.3) is 11.3 Å². The van der Waals surface area contributed by atoms with E-state index in [1.807, 2.05) is 19.1 Å². The third-order valence-electron chi connectivity index (χ3n) is 6.00. The number of likely N-dealkylation sites (N-methyl/N-ethyl adjacent to an activating group) is 1. The molecule has 1 saturated heterocycles. The van der Waals surface area contributed by atoms with Crippen molar-refractivity contribution in [3.63, 3.8) is 0 Å². The summed E-state index contributed by atoms with van der Waals surface area (Å²) in [4.78, 5) is 18.7. The lowest BCUT2D eigenvalue weighted by atomic mass is 10.00. The summed E-state index contributed by atoms with van der Waals surface area (Å²) in [6.45, 7) is 6.74. The van der Waals surface area contributed by atoms with Gasteiger partial charge in [-0.15, -0.1) is 10.2 Å². The number of carbonyl (C=O) groups excluding carboxylic acids is 1. The number of piperidine rings is 1. The van der Waals surface area contributed by atoms with Crippen LogP contribution in [0.1, 0.15) is 30.9 Å². The fourth-order valence-corrected chi connectivity index (χ4v) is 4.58. The molecule has 1 aromatic carbocycles. The summed E-state index contributed by atoms with van der Waals surface area (Å²) >= 11 is 0. The van der Waals surface area contributed by atoms with E-state index < -0.39 is 0 Å². The molecule has 1 amide bonds. The molecule has 0 aliphatic carbocycles. The second-order valence-corrected chi connectivity index (χ2v) is 8.16. The predicted molar refractivity (Wildman–Crippen MR) is 114 cm³/mol. The number of aromatic nitrogens is 2. The Bertz CT molecular complexity index is 1010. The lowest BCUT2D eigenvalue weighted by molar-refractivity contribution is -0.116. The van der Waals surface area contributed by atoms with E-state index in [1.54, 1.807) is 17.9 Å². The Balaban J connectivity index is 1.79. The van der Waals surface area contributed by atoms with Gasteiger partial charge in [0.25, 0.3) is 0 Å². The number of nitriles is 1. The molecule has 156 valence electrons. The monoisotopic (exact) mass is 406 g/mol. The number of phenolic OH excluding ortho intramolecular Hbond substituents is 1. The van der Waals surface area contributed by atoms with E-state index in [0.29, 0.717) is 35.2 Å². The molecule has 3 heterocycles. The van der Waals surface area contributed by atoms with Crippen LogP contribution in [-0.2, 0) is 4.79 Å². The second kappa shape index (κ2) is 7.92. The molecule has 2 aliphatic rings. The largest absolute Gasteiger partial charge is 0.507 e. The first-order valence-electron chi connectivity index (χ1n) is 10.2. The summed E-state index contributed by atoms with van der Waals surface area (Å²) in [6.07, 6.45) is 2.22. The molecule has 2 aliphatic heterocycles. The zero-order valence-corrected chi connectivity index (χ0v) is 17.6. The van der Waals surface area contributed by atoms with Crippen LogP contribution in [0.5, 0.6) is 5.75 Å². The second-order valence-electron chi connectivity index (χ2n) is 8.16. The highest BCUT2D eigenvalue weighted by molar-refractivity contribution is 5.96. The van der Waals surface area contributed by atoms with Crippen LogP contribution in [0, 0.1) is 18.3 Å². The zero-order chi connectivity index (χ0) is 21.4. The topological polar surface area (TPSA) is 96.6 Å². The minimum atomic E-state index is -0.0450. The van der Waals surface area contributed by atoms with Crippen LogP contribution in [0.4, 0.5) is 11.5 Å². The number of benzene rings is 1. The number of hydrogen-bond donors (Lipinski definition) is 1. The highest BCUT2D eigenvalue weighted by atomic mass is 16.3. The highest BCUT2D eigenvalue weighted by Gasteiger charge is 2.33. The van der Waals surface area contributed by atoms with Gasteiger partial charge >= 0.3 is 0 Å². The van der Waals surface area contributed by atoms with Crippen LogP contribution in [-0.4, -0.2) is 65.4 Å². The van der Waals surface area contributed by atoms with Crippen molar-refractivity contribution in [1.29, 1.82) is 5.26 Å². The quantitative estimate of drug-likeness (QED) is 0.817. The maximum atomic E-state index is 12.3. The zero-order valence-electron chi connectivity index (χ0n) is 17.6. The summed E-state index contributed by atoms with van der Waals surface area (Å²) in [7, 11) is 2.13. The van der Waals surface area contributed by atoms with Crippen molar-refractivity contribution < 1.29 is 9.90 Å². The Kier molecular flexibility index (Phi) is 5.31. The van der Waals surface area contributed by atoms with Crippen molar-refractivity contribution in [2.45, 2.75) is 32.7 Å². The van der Waals surface area contributed by atoms with Gasteiger partial charge in [-0.2, -0.15) is 5.26 Å². The molecule has 0 spiro atoms. The lowest BCUT2D eigenvalue weighted by Crippen LogP contribution is -2.53. The maximum Gasteiger partial charge on any atom is 0.224 e. The molecule has 0 radical (unpaired) electrons. The van der Waals surface area contributed by atoms with Crippen molar-refractivity contribution >= 4 is 17.4 Å². The fourth-order valence-electron chi connectivity index (χ4n) is 4.58. The van der Waals surface area contributed by atoms with E-state index >= 15 is 0 Å². The van der Waals surface area contributed by atoms with E-state index in [4.69, 9.17) is 5.26 Å². The molecular formula is C22H26N6O2. The smallest absolute Gasteiger partial charge is 0.224 e. The standard InChI is InChI=1S/C22H26N6O2/c1-14-9-16(12-23)10-20(30)21(14)18-11-19-22(25-24-18)28(8-7-27(19)15(2)29)17-5-4-6-26(3)13-17/h9-11,17,30H,4-8,13H2,1-3H3. The van der Waals surface area contributed by atoms with Gasteiger partial charge in [-0.25, -0.2) is 0 Å². The molecule has 30 heavy (non-hydrogen) atoms. The average molecular weight is 406 g/mol. The number of amides is 1. The number of phenols is 1. The molecule has 4 rings (SSSR count). The van der Waals surface area contributed by atoms with Crippen molar-refractivity contribution in [3.05, 3.63) is 29.3 Å². The van der Waals surface area contributed by atoms with Crippen molar-refractivity contribution in [2.24, 2.45) is 0 Å². The van der Waals surface area contributed by atoms with Crippen LogP contribution in [0.2, 0.25) is 0 Å². The lowest BCUT2D eigenvalue weighted by Gasteiger charge is -2.43. The fraction of sp³-hybridized carbons (Fsp3) is 0.455. The van der Waals surface area contributed by atoms with Crippen LogP contribution in [0.15, 0.2) is 18.2 Å². The first-order valence-corrected chi connectivity index (χ1v) is 10.2. The Morgan fingerprint density at radius 3 is 2.70 bits per heavy atom. The highest BCUT2D eigenvalue weighted by Crippen LogP contribution is 2.39. The van der Waals surface area contributed by atoms with Crippen LogP contribution >= 0.6 is 0 Å². The van der Waals surface area contributed by atoms with Crippen molar-refractivity contribution in [1.82, 2.24) is 15.1 Å². The molecule has 1 unspecified atom stereocenters. The first kappa shape index (κ1) is 20.1. The van der Waals surface area contributed by atoms with Gasteiger partial charge in [0.15, 0.2) is 5.82 Å². The number of aryl methyl sites for hydroxylation is 1. The van der Waals surface area contributed by atoms with Gasteiger partial charge in [-0.05, 0) is 57.1 Å². The molecule has 0 saturated carbocycles. The van der Waals surface area contributed by atoms with Gasteiger partial charge in [0.2, 0.25) is 5.91 Å². The van der Waals surface area contributed by atoms with Gasteiger partial charge in [0.05, 0.1) is 23.0 Å². The summed E-state index contributed by atoms with van der Waals surface area (Å²) in [5, 5.41) is 28.6. The third kappa shape index (κ3) is 3.57. The number of rotatable bonds is 2. The van der Waals surface area contributed by atoms with Crippen LogP contribution in [0.3, 0.4) is 0 Å². The Hall–Kier alpha value is -3.18. The molecule has 8 nitrogen and oxygen atoms in total. The molecule has 1 fully saturated rings. The third-order valence-corrected chi connectivity index (χ3v) is 6.00. The number of nitrogens with zero attached hydrogens (tertiary/aromatic N) is 6. The van der Waals surface area contributed by atoms with Gasteiger partial charge in [0, 0.05) is 38.2 Å². The van der Waals surface area contributed by atoms with E-state index in [1.165, 1.54) is 6.07 Å². The molecule has 1 atom stereocenters.